The summed E-state index contributed by atoms with van der Waals surface area (Å²) < 4.78 is 0. The van der Waals surface area contributed by atoms with Crippen LogP contribution in [0.25, 0.3) is 0 Å². The Labute approximate surface area is 98.9 Å². The predicted molar refractivity (Wildman–Crippen MR) is 61.8 cm³/mol. The van der Waals surface area contributed by atoms with Gasteiger partial charge in [0.05, 0.1) is 23.6 Å². The van der Waals surface area contributed by atoms with Gasteiger partial charge >= 0.3 is 0 Å². The average Bonchev–Trinajstić information content (AvgIpc) is 2.26. The van der Waals surface area contributed by atoms with Gasteiger partial charge in [-0.25, -0.2) is 0 Å². The van der Waals surface area contributed by atoms with E-state index in [9.17, 15) is 10.2 Å². The third-order valence-corrected chi connectivity index (χ3v) is 2.94. The monoisotopic (exact) mass is 240 g/mol. The number of hydrogen-bond acceptors (Lipinski definition) is 4. The summed E-state index contributed by atoms with van der Waals surface area (Å²) in [6.07, 6.45) is -2.47. The summed E-state index contributed by atoms with van der Waals surface area (Å²) in [5, 5.41) is 28.0. The Morgan fingerprint density at radius 3 is 2.69 bits per heavy atom. The van der Waals surface area contributed by atoms with E-state index < -0.39 is 12.2 Å². The summed E-state index contributed by atoms with van der Waals surface area (Å²) in [7, 11) is 0. The van der Waals surface area contributed by atoms with E-state index in [2.05, 4.69) is 0 Å². The van der Waals surface area contributed by atoms with Crippen LogP contribution in [0, 0.1) is 18.3 Å². The molecule has 2 atom stereocenters. The Kier molecular flexibility index (Phi) is 4.13. The fourth-order valence-electron chi connectivity index (χ4n) is 1.36. The van der Waals surface area contributed by atoms with Crippen LogP contribution in [0.5, 0.6) is 0 Å². The molecule has 1 aromatic carbocycles. The number of nitrogens with zero attached hydrogens (tertiary/aromatic N) is 1. The second kappa shape index (κ2) is 5.17. The van der Waals surface area contributed by atoms with Crippen LogP contribution in [-0.4, -0.2) is 16.3 Å². The van der Waals surface area contributed by atoms with E-state index in [-0.39, 0.29) is 6.42 Å². The first-order valence-electron chi connectivity index (χ1n) is 4.76. The van der Waals surface area contributed by atoms with Crippen molar-refractivity contribution in [2.24, 2.45) is 0 Å². The molecule has 1 rings (SSSR count). The molecule has 0 aliphatic rings. The molecular formula is C11H13ClN2O2. The second-order valence-corrected chi connectivity index (χ2v) is 3.94. The van der Waals surface area contributed by atoms with Gasteiger partial charge in [-0.05, 0) is 18.6 Å². The minimum atomic E-state index is -1.17. The van der Waals surface area contributed by atoms with Gasteiger partial charge in [0, 0.05) is 11.3 Å². The molecule has 0 spiro atoms. The fourth-order valence-corrected chi connectivity index (χ4v) is 1.65. The number of nitrogen functional groups attached to an aromatic ring is 1. The number of anilines is 1. The molecule has 0 heterocycles. The molecule has 16 heavy (non-hydrogen) atoms. The van der Waals surface area contributed by atoms with Gasteiger partial charge in [-0.2, -0.15) is 5.26 Å². The lowest BCUT2D eigenvalue weighted by Crippen LogP contribution is -2.18. The number of rotatable bonds is 3. The van der Waals surface area contributed by atoms with E-state index >= 15 is 0 Å². The SMILES string of the molecule is Cc1c(N)ccc(C(O)C(O)CC#N)c1Cl. The van der Waals surface area contributed by atoms with Crippen LogP contribution in [0.15, 0.2) is 12.1 Å². The molecular weight excluding hydrogens is 228 g/mol. The topological polar surface area (TPSA) is 90.3 Å². The van der Waals surface area contributed by atoms with Crippen LogP contribution >= 0.6 is 11.6 Å². The Balaban J connectivity index is 3.06. The molecule has 2 unspecified atom stereocenters. The van der Waals surface area contributed by atoms with Crippen molar-refractivity contribution in [1.29, 1.82) is 5.26 Å². The van der Waals surface area contributed by atoms with Gasteiger partial charge in [0.25, 0.3) is 0 Å². The largest absolute Gasteiger partial charge is 0.398 e. The Hall–Kier alpha value is -1.28. The number of nitrogens with two attached hydrogens (primary N) is 1. The lowest BCUT2D eigenvalue weighted by molar-refractivity contribution is 0.0217. The van der Waals surface area contributed by atoms with Crippen LogP contribution in [0.3, 0.4) is 0 Å². The fraction of sp³-hybridized carbons (Fsp3) is 0.364. The molecule has 4 N–H and O–H groups in total. The van der Waals surface area contributed by atoms with Gasteiger partial charge in [0.15, 0.2) is 0 Å². The van der Waals surface area contributed by atoms with E-state index in [1.807, 2.05) is 0 Å². The standard InChI is InChI=1S/C11H13ClN2O2/c1-6-8(14)3-2-7(10(6)12)11(16)9(15)4-5-13/h2-3,9,11,15-16H,4,14H2,1H3. The van der Waals surface area contributed by atoms with Crippen LogP contribution in [0.4, 0.5) is 5.69 Å². The summed E-state index contributed by atoms with van der Waals surface area (Å²) in [4.78, 5) is 0. The summed E-state index contributed by atoms with van der Waals surface area (Å²) in [6, 6.07) is 4.95. The van der Waals surface area contributed by atoms with E-state index in [0.717, 1.165) is 0 Å². The molecule has 86 valence electrons. The highest BCUT2D eigenvalue weighted by Crippen LogP contribution is 2.31. The van der Waals surface area contributed by atoms with Crippen molar-refractivity contribution in [1.82, 2.24) is 0 Å². The number of halogens is 1. The highest BCUT2D eigenvalue weighted by molar-refractivity contribution is 6.32. The molecule has 5 heteroatoms. The molecule has 0 fully saturated rings. The van der Waals surface area contributed by atoms with E-state index in [1.54, 1.807) is 25.1 Å². The average molecular weight is 241 g/mol. The highest BCUT2D eigenvalue weighted by Gasteiger charge is 2.21. The van der Waals surface area contributed by atoms with E-state index in [1.165, 1.54) is 0 Å². The molecule has 0 saturated carbocycles. The van der Waals surface area contributed by atoms with Crippen molar-refractivity contribution in [2.45, 2.75) is 25.6 Å². The molecule has 0 aromatic heterocycles. The number of hydrogen-bond donors (Lipinski definition) is 3. The number of aliphatic hydroxyl groups is 2. The first kappa shape index (κ1) is 12.8. The third kappa shape index (κ3) is 2.45. The van der Waals surface area contributed by atoms with E-state index in [4.69, 9.17) is 22.6 Å². The maximum Gasteiger partial charge on any atom is 0.107 e. The van der Waals surface area contributed by atoms with Crippen LogP contribution in [0.2, 0.25) is 5.02 Å². The zero-order valence-corrected chi connectivity index (χ0v) is 9.57. The van der Waals surface area contributed by atoms with Gasteiger partial charge in [0.1, 0.15) is 6.10 Å². The minimum Gasteiger partial charge on any atom is -0.398 e. The summed E-state index contributed by atoms with van der Waals surface area (Å²) in [5.41, 5.74) is 7.21. The molecule has 0 bridgehead atoms. The van der Waals surface area contributed by atoms with Crippen molar-refractivity contribution in [3.05, 3.63) is 28.3 Å². The van der Waals surface area contributed by atoms with Crippen molar-refractivity contribution >= 4 is 17.3 Å². The smallest absolute Gasteiger partial charge is 0.107 e. The second-order valence-electron chi connectivity index (χ2n) is 3.56. The zero-order chi connectivity index (χ0) is 12.3. The molecule has 0 saturated heterocycles. The van der Waals surface area contributed by atoms with Crippen LogP contribution < -0.4 is 5.73 Å². The Bertz CT molecular complexity index is 429. The lowest BCUT2D eigenvalue weighted by Gasteiger charge is -2.18. The van der Waals surface area contributed by atoms with Gasteiger partial charge in [-0.1, -0.05) is 17.7 Å². The Morgan fingerprint density at radius 2 is 2.12 bits per heavy atom. The molecule has 0 radical (unpaired) electrons. The van der Waals surface area contributed by atoms with Crippen LogP contribution in [-0.2, 0) is 0 Å². The van der Waals surface area contributed by atoms with Crippen LogP contribution in [0.1, 0.15) is 23.7 Å². The highest BCUT2D eigenvalue weighted by atomic mass is 35.5. The zero-order valence-electron chi connectivity index (χ0n) is 8.81. The normalized spacial score (nSPS) is 14.2. The molecule has 0 aliphatic heterocycles. The summed E-state index contributed by atoms with van der Waals surface area (Å²) in [5.74, 6) is 0. The first-order chi connectivity index (χ1) is 7.49. The van der Waals surface area contributed by atoms with Crippen molar-refractivity contribution in [3.8, 4) is 6.07 Å². The lowest BCUT2D eigenvalue weighted by atomic mass is 10.00. The Morgan fingerprint density at radius 1 is 1.50 bits per heavy atom. The maximum atomic E-state index is 9.79. The molecule has 4 nitrogen and oxygen atoms in total. The molecule has 0 aliphatic carbocycles. The molecule has 0 amide bonds. The van der Waals surface area contributed by atoms with Gasteiger partial charge in [-0.15, -0.1) is 0 Å². The van der Waals surface area contributed by atoms with Gasteiger partial charge in [-0.3, -0.25) is 0 Å². The number of benzene rings is 1. The van der Waals surface area contributed by atoms with E-state index in [0.29, 0.717) is 21.8 Å². The minimum absolute atomic E-state index is 0.152. The van der Waals surface area contributed by atoms with Gasteiger partial charge < -0.3 is 15.9 Å². The summed E-state index contributed by atoms with van der Waals surface area (Å²) in [6.45, 7) is 1.73. The first-order valence-corrected chi connectivity index (χ1v) is 5.14. The quantitative estimate of drug-likeness (QED) is 0.699. The van der Waals surface area contributed by atoms with Crippen molar-refractivity contribution in [3.63, 3.8) is 0 Å². The van der Waals surface area contributed by atoms with Crippen molar-refractivity contribution in [2.75, 3.05) is 5.73 Å². The number of aliphatic hydroxyl groups excluding tert-OH is 2. The number of nitriles is 1. The maximum absolute atomic E-state index is 9.79. The summed E-state index contributed by atoms with van der Waals surface area (Å²) >= 11 is 6.00. The third-order valence-electron chi connectivity index (χ3n) is 2.44. The van der Waals surface area contributed by atoms with Crippen molar-refractivity contribution < 1.29 is 10.2 Å². The predicted octanol–water partition coefficient (Wildman–Crippen LogP) is 1.54. The molecule has 1 aromatic rings. The van der Waals surface area contributed by atoms with Gasteiger partial charge in [0.2, 0.25) is 0 Å².